The van der Waals surface area contributed by atoms with Crippen LogP contribution in [0.2, 0.25) is 0 Å². The van der Waals surface area contributed by atoms with Gasteiger partial charge in [-0.3, -0.25) is 4.79 Å². The molecule has 0 bridgehead atoms. The lowest BCUT2D eigenvalue weighted by atomic mass is 10.2. The van der Waals surface area contributed by atoms with Crippen molar-refractivity contribution in [2.45, 2.75) is 12.5 Å². The Morgan fingerprint density at radius 3 is 2.10 bits per heavy atom. The summed E-state index contributed by atoms with van der Waals surface area (Å²) in [5, 5.41) is 24.6. The van der Waals surface area contributed by atoms with Crippen LogP contribution in [0, 0.1) is 0 Å². The Kier molecular flexibility index (Phi) is 9.06. The number of carboxylic acid groups (broad SMARTS) is 2. The number of aliphatic hydroxyl groups excluding tert-OH is 1. The lowest BCUT2D eigenvalue weighted by molar-refractivity contribution is -0.194. The Balaban J connectivity index is 0.000000361. The van der Waals surface area contributed by atoms with Gasteiger partial charge in [-0.05, 0) is 10.1 Å². The van der Waals surface area contributed by atoms with Gasteiger partial charge in [-0.25, -0.2) is 4.79 Å². The molecule has 0 aromatic heterocycles. The van der Waals surface area contributed by atoms with Gasteiger partial charge in [0.25, 0.3) is 0 Å². The molecular formula is C11H13O8P. The standard InChI is InChI=1S/C8H8O2.C3H5O6P/c9-8(10)6-7-4-2-1-3-5-7;4-1-2(3(5)6)9-10(7)8/h1-5H,6H2,(H,9,10);2,4H,1H2,(H,5,6). The van der Waals surface area contributed by atoms with Crippen molar-refractivity contribution in [1.29, 1.82) is 0 Å². The van der Waals surface area contributed by atoms with Crippen LogP contribution in [0.1, 0.15) is 5.56 Å². The molecule has 0 saturated heterocycles. The molecule has 0 radical (unpaired) electrons. The molecule has 1 rings (SSSR count). The molecule has 0 spiro atoms. The first-order valence-corrected chi connectivity index (χ1v) is 6.37. The topological polar surface area (TPSA) is 144 Å². The third-order valence-corrected chi connectivity index (χ3v) is 2.28. The van der Waals surface area contributed by atoms with E-state index in [-0.39, 0.29) is 6.42 Å². The molecule has 0 amide bonds. The van der Waals surface area contributed by atoms with Gasteiger partial charge >= 0.3 is 20.2 Å². The maximum absolute atomic E-state index is 10.2. The Bertz CT molecular complexity index is 447. The molecule has 0 aliphatic carbocycles. The second-order valence-corrected chi connectivity index (χ2v) is 4.05. The van der Waals surface area contributed by atoms with Crippen molar-refractivity contribution in [2.75, 3.05) is 6.61 Å². The second-order valence-electron chi connectivity index (χ2n) is 3.39. The predicted octanol–water partition coefficient (Wildman–Crippen LogP) is -0.220. The molecule has 20 heavy (non-hydrogen) atoms. The van der Waals surface area contributed by atoms with Crippen molar-refractivity contribution >= 4 is 20.2 Å². The van der Waals surface area contributed by atoms with Gasteiger partial charge in [-0.15, -0.1) is 4.52 Å². The Labute approximate surface area is 115 Å². The zero-order valence-corrected chi connectivity index (χ0v) is 11.1. The Morgan fingerprint density at radius 1 is 1.25 bits per heavy atom. The summed E-state index contributed by atoms with van der Waals surface area (Å²) in [5.74, 6) is -2.30. The van der Waals surface area contributed by atoms with E-state index in [1.165, 1.54) is 0 Å². The molecule has 0 fully saturated rings. The summed E-state index contributed by atoms with van der Waals surface area (Å²) in [6, 6.07) is 9.13. The van der Waals surface area contributed by atoms with Crippen molar-refractivity contribution in [3.63, 3.8) is 0 Å². The number of aliphatic hydroxyl groups is 1. The molecule has 2 unspecified atom stereocenters. The molecule has 9 heteroatoms. The fourth-order valence-corrected chi connectivity index (χ4v) is 1.40. The van der Waals surface area contributed by atoms with Crippen LogP contribution >= 0.6 is 8.25 Å². The van der Waals surface area contributed by atoms with E-state index in [0.29, 0.717) is 0 Å². The highest BCUT2D eigenvalue weighted by atomic mass is 31.1. The second kappa shape index (κ2) is 9.99. The molecule has 110 valence electrons. The molecule has 0 aliphatic heterocycles. The molecule has 1 aromatic rings. The van der Waals surface area contributed by atoms with Crippen LogP contribution < -0.4 is 4.89 Å². The molecule has 0 heterocycles. The quantitative estimate of drug-likeness (QED) is 0.612. The summed E-state index contributed by atoms with van der Waals surface area (Å²) < 4.78 is 13.5. The number of carbonyl (C=O) groups is 2. The largest absolute Gasteiger partial charge is 0.566 e. The third kappa shape index (κ3) is 9.12. The number of benzene rings is 1. The Morgan fingerprint density at radius 2 is 1.80 bits per heavy atom. The highest BCUT2D eigenvalue weighted by Crippen LogP contribution is 2.12. The highest BCUT2D eigenvalue weighted by Gasteiger charge is 2.23. The van der Waals surface area contributed by atoms with Gasteiger partial charge in [-0.1, -0.05) is 30.3 Å². The lowest BCUT2D eigenvalue weighted by Crippen LogP contribution is -2.26. The zero-order chi connectivity index (χ0) is 15.5. The van der Waals surface area contributed by atoms with E-state index >= 15 is 0 Å². The average Bonchev–Trinajstić information content (AvgIpc) is 2.36. The summed E-state index contributed by atoms with van der Waals surface area (Å²) in [6.45, 7) is -0.862. The smallest absolute Gasteiger partial charge is 0.489 e. The van der Waals surface area contributed by atoms with Crippen molar-refractivity contribution < 1.29 is 38.9 Å². The Hall–Kier alpha value is -1.86. The van der Waals surface area contributed by atoms with E-state index in [9.17, 15) is 19.0 Å². The highest BCUT2D eigenvalue weighted by molar-refractivity contribution is 7.30. The van der Waals surface area contributed by atoms with Gasteiger partial charge in [0.1, 0.15) is 0 Å². The monoisotopic (exact) mass is 304 g/mol. The normalized spacial score (nSPS) is 11.8. The maximum Gasteiger partial charge on any atom is 0.489 e. The minimum absolute atomic E-state index is 0.112. The average molecular weight is 304 g/mol. The number of aliphatic carboxylic acids is 2. The fourth-order valence-electron chi connectivity index (χ4n) is 1.03. The van der Waals surface area contributed by atoms with Gasteiger partial charge in [0, 0.05) is 0 Å². The molecule has 0 aliphatic rings. The minimum atomic E-state index is -3.22. The number of hydrogen-bond donors (Lipinski definition) is 3. The molecular weight excluding hydrogens is 291 g/mol. The number of carboxylic acids is 2. The van der Waals surface area contributed by atoms with Crippen LogP contribution in [0.5, 0.6) is 0 Å². The fraction of sp³-hybridized carbons (Fsp3) is 0.273. The minimum Gasteiger partial charge on any atom is -0.566 e. The van der Waals surface area contributed by atoms with Crippen LogP contribution in [0.4, 0.5) is 0 Å². The van der Waals surface area contributed by atoms with Crippen LogP contribution in [0.25, 0.3) is 0 Å². The first-order chi connectivity index (χ1) is 9.36. The predicted molar refractivity (Wildman–Crippen MR) is 65.0 cm³/mol. The van der Waals surface area contributed by atoms with Gasteiger partial charge in [0.05, 0.1) is 13.0 Å². The number of hydrogen-bond acceptors (Lipinski definition) is 6. The van der Waals surface area contributed by atoms with Crippen LogP contribution in [0.3, 0.4) is 0 Å². The van der Waals surface area contributed by atoms with Crippen LogP contribution in [-0.4, -0.2) is 40.0 Å². The van der Waals surface area contributed by atoms with E-state index in [2.05, 4.69) is 4.52 Å². The van der Waals surface area contributed by atoms with Crippen molar-refractivity contribution in [3.05, 3.63) is 35.9 Å². The summed E-state index contributed by atoms with van der Waals surface area (Å²) in [5.41, 5.74) is 0.843. The van der Waals surface area contributed by atoms with E-state index in [1.54, 1.807) is 12.1 Å². The van der Waals surface area contributed by atoms with Crippen molar-refractivity contribution in [1.82, 2.24) is 0 Å². The summed E-state index contributed by atoms with van der Waals surface area (Å²) in [4.78, 5) is 29.8. The summed E-state index contributed by atoms with van der Waals surface area (Å²) in [7, 11) is -3.22. The van der Waals surface area contributed by atoms with Gasteiger partial charge in [0.2, 0.25) is 6.10 Å². The van der Waals surface area contributed by atoms with Gasteiger partial charge in [0.15, 0.2) is 0 Å². The van der Waals surface area contributed by atoms with Gasteiger partial charge < -0.3 is 20.2 Å². The lowest BCUT2D eigenvalue weighted by Gasteiger charge is -2.00. The van der Waals surface area contributed by atoms with E-state index in [0.717, 1.165) is 5.56 Å². The van der Waals surface area contributed by atoms with E-state index < -0.39 is 32.9 Å². The van der Waals surface area contributed by atoms with Gasteiger partial charge in [-0.2, -0.15) is 0 Å². The maximum atomic E-state index is 10.2. The summed E-state index contributed by atoms with van der Waals surface area (Å²) >= 11 is 0. The molecule has 3 N–H and O–H groups in total. The molecule has 0 saturated carbocycles. The SMILES string of the molecule is O=C(O)C(CO)O[P+](=O)[O-].O=C(O)Cc1ccccc1. The van der Waals surface area contributed by atoms with E-state index in [1.807, 2.05) is 18.2 Å². The van der Waals surface area contributed by atoms with Crippen LogP contribution in [-0.2, 0) is 25.1 Å². The molecule has 8 nitrogen and oxygen atoms in total. The number of rotatable bonds is 6. The molecule has 2 atom stereocenters. The molecule has 1 aromatic carbocycles. The van der Waals surface area contributed by atoms with Crippen molar-refractivity contribution in [2.24, 2.45) is 0 Å². The summed E-state index contributed by atoms with van der Waals surface area (Å²) in [6.07, 6.45) is -1.57. The van der Waals surface area contributed by atoms with Crippen molar-refractivity contribution in [3.8, 4) is 0 Å². The third-order valence-electron chi connectivity index (χ3n) is 1.85. The first kappa shape index (κ1) is 18.1. The van der Waals surface area contributed by atoms with E-state index in [4.69, 9.17) is 15.3 Å². The zero-order valence-electron chi connectivity index (χ0n) is 10.2. The first-order valence-electron chi connectivity index (χ1n) is 5.27. The van der Waals surface area contributed by atoms with Crippen LogP contribution in [0.15, 0.2) is 30.3 Å².